The second-order valence-corrected chi connectivity index (χ2v) is 6.60. The van der Waals surface area contributed by atoms with Crippen molar-refractivity contribution in [3.05, 3.63) is 60.7 Å². The van der Waals surface area contributed by atoms with Crippen LogP contribution in [0.25, 0.3) is 0 Å². The highest BCUT2D eigenvalue weighted by Crippen LogP contribution is 2.23. The molecule has 0 N–H and O–H groups in total. The summed E-state index contributed by atoms with van der Waals surface area (Å²) in [6.07, 6.45) is 0.994. The molecule has 0 saturated heterocycles. The third-order valence-electron chi connectivity index (χ3n) is 2.70. The van der Waals surface area contributed by atoms with Gasteiger partial charge in [-0.05, 0) is 22.8 Å². The molecule has 0 radical (unpaired) electrons. The summed E-state index contributed by atoms with van der Waals surface area (Å²) in [5.41, 5.74) is 0. The molecule has 0 heterocycles. The number of carbonyl (C=O) groups excluding carboxylic acids is 1. The highest BCUT2D eigenvalue weighted by Gasteiger charge is 2.05. The van der Waals surface area contributed by atoms with Gasteiger partial charge in [-0.15, -0.1) is 0 Å². The van der Waals surface area contributed by atoms with Crippen LogP contribution in [0.1, 0.15) is 6.92 Å². The third kappa shape index (κ3) is 2.75. The summed E-state index contributed by atoms with van der Waals surface area (Å²) < 4.78 is 0. The summed E-state index contributed by atoms with van der Waals surface area (Å²) in [7, 11) is -1.08. The first-order chi connectivity index (χ1) is 8.33. The van der Waals surface area contributed by atoms with Gasteiger partial charge in [-0.25, -0.2) is 0 Å². The van der Waals surface area contributed by atoms with Crippen molar-refractivity contribution < 1.29 is 4.79 Å². The van der Waals surface area contributed by atoms with Gasteiger partial charge in [0.2, 0.25) is 0 Å². The van der Waals surface area contributed by atoms with Crippen molar-refractivity contribution in [3.63, 3.8) is 0 Å². The Morgan fingerprint density at radius 3 is 1.65 bits per heavy atom. The molecule has 2 heteroatoms. The van der Waals surface area contributed by atoms with Gasteiger partial charge in [0.25, 0.3) is 0 Å². The molecule has 0 aliphatic carbocycles. The molecule has 2 rings (SSSR count). The predicted octanol–water partition coefficient (Wildman–Crippen LogP) is 2.24. The first-order valence-corrected chi connectivity index (χ1v) is 7.10. The second-order valence-electron chi connectivity index (χ2n) is 3.91. The summed E-state index contributed by atoms with van der Waals surface area (Å²) in [6, 6.07) is 20.5. The van der Waals surface area contributed by atoms with E-state index in [9.17, 15) is 4.79 Å². The van der Waals surface area contributed by atoms with Crippen LogP contribution in [0, 0.1) is 0 Å². The van der Waals surface area contributed by atoms with Crippen LogP contribution >= 0.6 is 7.55 Å². The van der Waals surface area contributed by atoms with Crippen molar-refractivity contribution in [2.45, 2.75) is 6.92 Å². The number of benzene rings is 2. The maximum Gasteiger partial charge on any atom is 0.146 e. The Morgan fingerprint density at radius 1 is 0.882 bits per heavy atom. The zero-order valence-electron chi connectivity index (χ0n) is 9.76. The molecular formula is C15H15OP. The van der Waals surface area contributed by atoms with Gasteiger partial charge in [0, 0.05) is 0 Å². The fourth-order valence-electron chi connectivity index (χ4n) is 1.89. The zero-order chi connectivity index (χ0) is 12.1. The first-order valence-electron chi connectivity index (χ1n) is 5.60. The van der Waals surface area contributed by atoms with Gasteiger partial charge in [-0.1, -0.05) is 68.2 Å². The van der Waals surface area contributed by atoms with Crippen LogP contribution in [-0.2, 0) is 4.79 Å². The maximum absolute atomic E-state index is 11.1. The van der Waals surface area contributed by atoms with E-state index in [-0.39, 0.29) is 0 Å². The van der Waals surface area contributed by atoms with Crippen LogP contribution in [0.2, 0.25) is 0 Å². The lowest BCUT2D eigenvalue weighted by atomic mass is 10.4. The topological polar surface area (TPSA) is 17.1 Å². The van der Waals surface area contributed by atoms with Crippen molar-refractivity contribution in [2.75, 3.05) is 0 Å². The fraction of sp³-hybridized carbons (Fsp3) is 0.0667. The van der Waals surface area contributed by atoms with E-state index in [0.717, 1.165) is 11.6 Å². The average molecular weight is 242 g/mol. The van der Waals surface area contributed by atoms with Gasteiger partial charge >= 0.3 is 0 Å². The number of hydrogen-bond donors (Lipinski definition) is 0. The Balaban J connectivity index is 2.60. The molecule has 0 spiro atoms. The summed E-state index contributed by atoms with van der Waals surface area (Å²) >= 11 is 0. The van der Waals surface area contributed by atoms with E-state index in [2.05, 4.69) is 24.3 Å². The molecule has 0 aromatic heterocycles. The molecule has 2 aromatic carbocycles. The Morgan fingerprint density at radius 2 is 1.29 bits per heavy atom. The van der Waals surface area contributed by atoms with Crippen LogP contribution < -0.4 is 10.6 Å². The summed E-state index contributed by atoms with van der Waals surface area (Å²) in [5.74, 6) is 0. The molecule has 1 nitrogen and oxygen atoms in total. The third-order valence-corrected chi connectivity index (χ3v) is 5.42. The minimum Gasteiger partial charge on any atom is -0.298 e. The van der Waals surface area contributed by atoms with Gasteiger partial charge in [-0.3, -0.25) is 4.79 Å². The van der Waals surface area contributed by atoms with E-state index >= 15 is 0 Å². The van der Waals surface area contributed by atoms with Crippen molar-refractivity contribution in [1.82, 2.24) is 0 Å². The Kier molecular flexibility index (Phi) is 3.95. The van der Waals surface area contributed by atoms with Crippen LogP contribution in [-0.4, -0.2) is 11.6 Å². The van der Waals surface area contributed by atoms with Crippen molar-refractivity contribution >= 4 is 29.7 Å². The highest BCUT2D eigenvalue weighted by atomic mass is 31.1. The molecule has 2 aromatic rings. The van der Waals surface area contributed by atoms with E-state index in [1.807, 2.05) is 43.3 Å². The second kappa shape index (κ2) is 5.65. The van der Waals surface area contributed by atoms with Gasteiger partial charge in [0.1, 0.15) is 6.29 Å². The minimum absolute atomic E-state index is 0.937. The largest absolute Gasteiger partial charge is 0.298 e. The lowest BCUT2D eigenvalue weighted by Gasteiger charge is -2.11. The molecule has 0 aliphatic heterocycles. The standard InChI is InChI=1S/C15H15OP/c1-13(12-16)17(14-8-4-2-5-9-14)15-10-6-3-7-11-15/h2-12,17H,1H3. The van der Waals surface area contributed by atoms with Gasteiger partial charge in [0.15, 0.2) is 0 Å². The SMILES string of the molecule is CC(C=O)=[PH](c1ccccc1)c1ccccc1. The molecule has 0 saturated carbocycles. The molecule has 17 heavy (non-hydrogen) atoms. The molecule has 0 aliphatic rings. The normalized spacial score (nSPS) is 10.2. The molecular weight excluding hydrogens is 227 g/mol. The molecule has 0 unspecified atom stereocenters. The van der Waals surface area contributed by atoms with Crippen LogP contribution in [0.5, 0.6) is 0 Å². The number of aldehydes is 1. The molecule has 0 bridgehead atoms. The predicted molar refractivity (Wildman–Crippen MR) is 77.2 cm³/mol. The van der Waals surface area contributed by atoms with E-state index in [0.29, 0.717) is 0 Å². The molecule has 86 valence electrons. The summed E-state index contributed by atoms with van der Waals surface area (Å²) in [6.45, 7) is 1.93. The molecule has 0 fully saturated rings. The maximum atomic E-state index is 11.1. The highest BCUT2D eigenvalue weighted by molar-refractivity contribution is 7.74. The Bertz CT molecular complexity index is 488. The quantitative estimate of drug-likeness (QED) is 0.596. The average Bonchev–Trinajstić information content (AvgIpc) is 2.41. The van der Waals surface area contributed by atoms with E-state index in [4.69, 9.17) is 0 Å². The van der Waals surface area contributed by atoms with E-state index < -0.39 is 7.55 Å². The van der Waals surface area contributed by atoms with Crippen LogP contribution in [0.3, 0.4) is 0 Å². The van der Waals surface area contributed by atoms with Gasteiger partial charge in [0.05, 0.1) is 0 Å². The fourth-order valence-corrected chi connectivity index (χ4v) is 4.30. The minimum atomic E-state index is -1.08. The Labute approximate surface area is 103 Å². The number of rotatable bonds is 3. The molecule has 0 atom stereocenters. The summed E-state index contributed by atoms with van der Waals surface area (Å²) in [4.78, 5) is 11.1. The lowest BCUT2D eigenvalue weighted by Crippen LogP contribution is -2.11. The van der Waals surface area contributed by atoms with Crippen molar-refractivity contribution in [3.8, 4) is 0 Å². The van der Waals surface area contributed by atoms with Crippen LogP contribution in [0.15, 0.2) is 60.7 Å². The number of hydrogen-bond acceptors (Lipinski definition) is 1. The first kappa shape index (κ1) is 11.9. The van der Waals surface area contributed by atoms with Crippen molar-refractivity contribution in [2.24, 2.45) is 0 Å². The monoisotopic (exact) mass is 242 g/mol. The summed E-state index contributed by atoms with van der Waals surface area (Å²) in [5, 5.41) is 3.45. The Hall–Kier alpha value is -1.59. The smallest absolute Gasteiger partial charge is 0.146 e. The van der Waals surface area contributed by atoms with E-state index in [1.165, 1.54) is 10.6 Å². The number of carbonyl (C=O) groups is 1. The van der Waals surface area contributed by atoms with Gasteiger partial charge in [-0.2, -0.15) is 0 Å². The van der Waals surface area contributed by atoms with Crippen molar-refractivity contribution in [1.29, 1.82) is 0 Å². The van der Waals surface area contributed by atoms with Gasteiger partial charge < -0.3 is 0 Å². The lowest BCUT2D eigenvalue weighted by molar-refractivity contribution is -0.102. The molecule has 0 amide bonds. The van der Waals surface area contributed by atoms with E-state index in [1.54, 1.807) is 0 Å². The van der Waals surface area contributed by atoms with Crippen LogP contribution in [0.4, 0.5) is 0 Å². The zero-order valence-corrected chi connectivity index (χ0v) is 10.8.